The lowest BCUT2D eigenvalue weighted by Gasteiger charge is -2.30. The molecule has 2 rings (SSSR count). The monoisotopic (exact) mass is 317 g/mol. The van der Waals surface area contributed by atoms with Crippen LogP contribution in [0.15, 0.2) is 18.2 Å². The molecule has 2 N–H and O–H groups in total. The maximum atomic E-state index is 12.0. The molecule has 1 aromatic rings. The van der Waals surface area contributed by atoms with Crippen LogP contribution < -0.4 is 10.6 Å². The number of unbranched alkanes of at least 4 members (excludes halogenated alkanes) is 1. The summed E-state index contributed by atoms with van der Waals surface area (Å²) in [6.07, 6.45) is 4.88. The number of piperidine rings is 1. The van der Waals surface area contributed by atoms with E-state index in [0.29, 0.717) is 0 Å². The molecule has 0 unspecified atom stereocenters. The van der Waals surface area contributed by atoms with Gasteiger partial charge in [0.05, 0.1) is 0 Å². The van der Waals surface area contributed by atoms with Crippen molar-refractivity contribution in [1.82, 2.24) is 10.2 Å². The van der Waals surface area contributed by atoms with Gasteiger partial charge in [0, 0.05) is 18.8 Å². The van der Waals surface area contributed by atoms with Crippen LogP contribution in [0.1, 0.15) is 43.7 Å². The molecular formula is C19H31N3O. The van der Waals surface area contributed by atoms with Crippen molar-refractivity contribution in [2.75, 3.05) is 31.5 Å². The first-order valence-electron chi connectivity index (χ1n) is 8.89. The van der Waals surface area contributed by atoms with E-state index in [2.05, 4.69) is 28.5 Å². The summed E-state index contributed by atoms with van der Waals surface area (Å²) in [5, 5.41) is 5.89. The van der Waals surface area contributed by atoms with E-state index in [4.69, 9.17) is 0 Å². The molecule has 23 heavy (non-hydrogen) atoms. The van der Waals surface area contributed by atoms with E-state index in [1.807, 2.05) is 26.0 Å². The average molecular weight is 317 g/mol. The number of hydrogen-bond acceptors (Lipinski definition) is 2. The largest absolute Gasteiger partial charge is 0.338 e. The number of hydrogen-bond donors (Lipinski definition) is 2. The van der Waals surface area contributed by atoms with Crippen LogP contribution in [-0.2, 0) is 0 Å². The highest BCUT2D eigenvalue weighted by molar-refractivity contribution is 5.90. The van der Waals surface area contributed by atoms with Gasteiger partial charge in [0.25, 0.3) is 0 Å². The molecule has 0 aliphatic carbocycles. The van der Waals surface area contributed by atoms with Gasteiger partial charge >= 0.3 is 6.03 Å². The Hall–Kier alpha value is -1.55. The molecule has 128 valence electrons. The molecule has 1 saturated heterocycles. The molecule has 2 amide bonds. The minimum Gasteiger partial charge on any atom is -0.338 e. The van der Waals surface area contributed by atoms with E-state index in [-0.39, 0.29) is 6.03 Å². The fraction of sp³-hybridized carbons (Fsp3) is 0.632. The Morgan fingerprint density at radius 1 is 1.30 bits per heavy atom. The van der Waals surface area contributed by atoms with Gasteiger partial charge in [-0.2, -0.15) is 0 Å². The van der Waals surface area contributed by atoms with Crippen LogP contribution in [0.3, 0.4) is 0 Å². The van der Waals surface area contributed by atoms with Crippen molar-refractivity contribution < 1.29 is 4.79 Å². The second-order valence-corrected chi connectivity index (χ2v) is 6.95. The Morgan fingerprint density at radius 2 is 2.13 bits per heavy atom. The molecule has 4 nitrogen and oxygen atoms in total. The Kier molecular flexibility index (Phi) is 6.90. The summed E-state index contributed by atoms with van der Waals surface area (Å²) >= 11 is 0. The third-order valence-corrected chi connectivity index (χ3v) is 4.57. The number of anilines is 1. The van der Waals surface area contributed by atoms with E-state index in [1.54, 1.807) is 0 Å². The van der Waals surface area contributed by atoms with Gasteiger partial charge in [-0.15, -0.1) is 0 Å². The average Bonchev–Trinajstić information content (AvgIpc) is 2.51. The molecule has 0 spiro atoms. The molecule has 0 radical (unpaired) electrons. The summed E-state index contributed by atoms with van der Waals surface area (Å²) in [5.74, 6) is 0.838. The third kappa shape index (κ3) is 6.22. The van der Waals surface area contributed by atoms with Gasteiger partial charge in [0.2, 0.25) is 0 Å². The van der Waals surface area contributed by atoms with E-state index in [0.717, 1.165) is 48.7 Å². The van der Waals surface area contributed by atoms with Gasteiger partial charge in [0.15, 0.2) is 0 Å². The fourth-order valence-corrected chi connectivity index (χ4v) is 3.19. The Balaban J connectivity index is 1.60. The summed E-state index contributed by atoms with van der Waals surface area (Å²) in [5.41, 5.74) is 3.14. The zero-order valence-corrected chi connectivity index (χ0v) is 14.8. The van der Waals surface area contributed by atoms with Crippen molar-refractivity contribution in [2.24, 2.45) is 5.92 Å². The molecule has 1 heterocycles. The number of aryl methyl sites for hydroxylation is 2. The summed E-state index contributed by atoms with van der Waals surface area (Å²) < 4.78 is 0. The Bertz CT molecular complexity index is 515. The molecule has 0 bridgehead atoms. The minimum absolute atomic E-state index is 0.106. The standard InChI is InChI=1S/C19H31N3O/c1-15-8-9-17(3)18(13-15)21-19(23)20-10-4-5-11-22-12-6-7-16(2)14-22/h8-9,13,16H,4-7,10-12,14H2,1-3H3,(H2,20,21,23)/t16-/m1/s1. The number of amides is 2. The molecule has 1 aliphatic heterocycles. The van der Waals surface area contributed by atoms with Crippen LogP contribution in [0.5, 0.6) is 0 Å². The van der Waals surface area contributed by atoms with Crippen LogP contribution in [0, 0.1) is 19.8 Å². The quantitative estimate of drug-likeness (QED) is 0.781. The number of nitrogens with one attached hydrogen (secondary N) is 2. The number of nitrogens with zero attached hydrogens (tertiary/aromatic N) is 1. The van der Waals surface area contributed by atoms with Gasteiger partial charge in [-0.1, -0.05) is 19.1 Å². The van der Waals surface area contributed by atoms with Crippen LogP contribution in [-0.4, -0.2) is 37.1 Å². The lowest BCUT2D eigenvalue weighted by molar-refractivity contribution is 0.181. The molecular weight excluding hydrogens is 286 g/mol. The van der Waals surface area contributed by atoms with Gasteiger partial charge in [-0.3, -0.25) is 0 Å². The van der Waals surface area contributed by atoms with Crippen molar-refractivity contribution >= 4 is 11.7 Å². The van der Waals surface area contributed by atoms with Gasteiger partial charge in [-0.05, 0) is 75.7 Å². The highest BCUT2D eigenvalue weighted by Crippen LogP contribution is 2.16. The normalized spacial score (nSPS) is 18.7. The Labute approximate surface area is 140 Å². The number of carbonyl (C=O) groups excluding carboxylic acids is 1. The van der Waals surface area contributed by atoms with E-state index < -0.39 is 0 Å². The summed E-state index contributed by atoms with van der Waals surface area (Å²) in [7, 11) is 0. The minimum atomic E-state index is -0.106. The molecule has 0 saturated carbocycles. The second kappa shape index (κ2) is 8.92. The Morgan fingerprint density at radius 3 is 2.91 bits per heavy atom. The SMILES string of the molecule is Cc1ccc(C)c(NC(=O)NCCCCN2CCC[C@@H](C)C2)c1. The molecule has 1 atom stereocenters. The number of rotatable bonds is 6. The lowest BCUT2D eigenvalue weighted by Crippen LogP contribution is -2.35. The molecule has 1 aromatic carbocycles. The van der Waals surface area contributed by atoms with Crippen molar-refractivity contribution in [3.05, 3.63) is 29.3 Å². The van der Waals surface area contributed by atoms with Crippen LogP contribution in [0.2, 0.25) is 0 Å². The molecule has 1 aliphatic rings. The summed E-state index contributed by atoms with van der Waals surface area (Å²) in [4.78, 5) is 14.5. The van der Waals surface area contributed by atoms with Crippen molar-refractivity contribution in [3.8, 4) is 0 Å². The molecule has 4 heteroatoms. The highest BCUT2D eigenvalue weighted by atomic mass is 16.2. The van der Waals surface area contributed by atoms with Gasteiger partial charge < -0.3 is 15.5 Å². The van der Waals surface area contributed by atoms with Crippen molar-refractivity contribution in [3.63, 3.8) is 0 Å². The first-order chi connectivity index (χ1) is 11.0. The van der Waals surface area contributed by atoms with Gasteiger partial charge in [0.1, 0.15) is 0 Å². The van der Waals surface area contributed by atoms with E-state index in [1.165, 1.54) is 25.9 Å². The number of benzene rings is 1. The lowest BCUT2D eigenvalue weighted by atomic mass is 10.0. The maximum absolute atomic E-state index is 12.0. The zero-order chi connectivity index (χ0) is 16.7. The molecule has 0 aromatic heterocycles. The first kappa shape index (κ1) is 17.8. The molecule has 1 fully saturated rings. The van der Waals surface area contributed by atoms with Crippen LogP contribution >= 0.6 is 0 Å². The van der Waals surface area contributed by atoms with Crippen LogP contribution in [0.25, 0.3) is 0 Å². The zero-order valence-electron chi connectivity index (χ0n) is 14.8. The van der Waals surface area contributed by atoms with E-state index >= 15 is 0 Å². The first-order valence-corrected chi connectivity index (χ1v) is 8.89. The number of likely N-dealkylation sites (tertiary alicyclic amines) is 1. The van der Waals surface area contributed by atoms with Gasteiger partial charge in [-0.25, -0.2) is 4.79 Å². The number of urea groups is 1. The second-order valence-electron chi connectivity index (χ2n) is 6.95. The van der Waals surface area contributed by atoms with Crippen LogP contribution in [0.4, 0.5) is 10.5 Å². The van der Waals surface area contributed by atoms with Crippen molar-refractivity contribution in [2.45, 2.75) is 46.5 Å². The summed E-state index contributed by atoms with van der Waals surface area (Å²) in [6, 6.07) is 5.99. The van der Waals surface area contributed by atoms with E-state index in [9.17, 15) is 4.79 Å². The number of carbonyl (C=O) groups is 1. The topological polar surface area (TPSA) is 44.4 Å². The maximum Gasteiger partial charge on any atom is 0.319 e. The highest BCUT2D eigenvalue weighted by Gasteiger charge is 2.15. The predicted octanol–water partition coefficient (Wildman–Crippen LogP) is 3.94. The predicted molar refractivity (Wildman–Crippen MR) is 97.0 cm³/mol. The smallest absolute Gasteiger partial charge is 0.319 e. The third-order valence-electron chi connectivity index (χ3n) is 4.57. The van der Waals surface area contributed by atoms with Crippen molar-refractivity contribution in [1.29, 1.82) is 0 Å². The fourth-order valence-electron chi connectivity index (χ4n) is 3.19. The summed E-state index contributed by atoms with van der Waals surface area (Å²) in [6.45, 7) is 10.8.